The Morgan fingerprint density at radius 3 is 2.13 bits per heavy atom. The number of hydrogen-bond donors (Lipinski definition) is 10. The van der Waals surface area contributed by atoms with E-state index in [0.29, 0.717) is 0 Å². The van der Waals surface area contributed by atoms with Crippen LogP contribution in [0.2, 0.25) is 0 Å². The Balaban J connectivity index is 1.41. The number of ether oxygens (including phenoxy) is 6. The first kappa shape index (κ1) is 33.3. The minimum atomic E-state index is -1.89. The minimum absolute atomic E-state index is 0.000811. The average Bonchev–Trinajstić information content (AvgIpc) is 2.99. The van der Waals surface area contributed by atoms with Gasteiger partial charge in [-0.25, -0.2) is 0 Å². The van der Waals surface area contributed by atoms with Crippen molar-refractivity contribution in [2.75, 3.05) is 6.61 Å². The monoisotopic (exact) mass is 654 g/mol. The normalized spacial score (nSPS) is 34.2. The van der Waals surface area contributed by atoms with Gasteiger partial charge in [0.1, 0.15) is 59.6 Å². The molecule has 0 spiro atoms. The third-order valence-electron chi connectivity index (χ3n) is 7.72. The third kappa shape index (κ3) is 6.44. The van der Waals surface area contributed by atoms with E-state index in [9.17, 15) is 55.9 Å². The van der Waals surface area contributed by atoms with Crippen molar-refractivity contribution >= 4 is 12.0 Å². The zero-order valence-electron chi connectivity index (χ0n) is 24.3. The molecule has 3 heterocycles. The topological polar surface area (TPSA) is 275 Å². The summed E-state index contributed by atoms with van der Waals surface area (Å²) in [6.45, 7) is 1.93. The van der Waals surface area contributed by atoms with Gasteiger partial charge in [0.15, 0.2) is 35.7 Å². The first-order valence-corrected chi connectivity index (χ1v) is 14.0. The van der Waals surface area contributed by atoms with E-state index in [4.69, 9.17) is 28.4 Å². The first-order chi connectivity index (χ1) is 21.7. The number of aromatic hydroxyl groups is 5. The summed E-state index contributed by atoms with van der Waals surface area (Å²) in [4.78, 5) is 11.6. The Kier molecular flexibility index (Phi) is 9.39. The highest BCUT2D eigenvalue weighted by atomic mass is 16.7. The van der Waals surface area contributed by atoms with Crippen LogP contribution in [0.5, 0.6) is 34.5 Å². The average molecular weight is 655 g/mol. The SMILES string of the molecule is CC(=O)O[C@@H]1[C@H](OC[C@H]2O[C@@H](OC3=Cc4c(O)cc(O)cc4OC3c3cc(O)c(O)c(O)c3)[C@H](O)[C@@H](O)[C@@H]2O)O[C@@H](C)[C@H](O)[C@H]1O. The molecule has 46 heavy (non-hydrogen) atoms. The lowest BCUT2D eigenvalue weighted by molar-refractivity contribution is -0.325. The van der Waals surface area contributed by atoms with Crippen molar-refractivity contribution < 1.29 is 84.3 Å². The van der Waals surface area contributed by atoms with Crippen LogP contribution in [0.25, 0.3) is 6.08 Å². The molecule has 0 aromatic heterocycles. The van der Waals surface area contributed by atoms with Gasteiger partial charge in [0, 0.05) is 24.6 Å². The van der Waals surface area contributed by atoms with Crippen molar-refractivity contribution in [1.82, 2.24) is 0 Å². The lowest BCUT2D eigenvalue weighted by Gasteiger charge is -2.43. The Morgan fingerprint density at radius 2 is 1.48 bits per heavy atom. The maximum absolute atomic E-state index is 11.6. The van der Waals surface area contributed by atoms with Gasteiger partial charge in [0.25, 0.3) is 0 Å². The van der Waals surface area contributed by atoms with Crippen LogP contribution >= 0.6 is 0 Å². The van der Waals surface area contributed by atoms with Gasteiger partial charge in [-0.3, -0.25) is 4.79 Å². The quantitative estimate of drug-likeness (QED) is 0.126. The second kappa shape index (κ2) is 13.0. The van der Waals surface area contributed by atoms with Gasteiger partial charge in [-0.15, -0.1) is 0 Å². The number of fused-ring (bicyclic) bond motifs is 1. The van der Waals surface area contributed by atoms with Gasteiger partial charge in [0.05, 0.1) is 18.3 Å². The van der Waals surface area contributed by atoms with Crippen molar-refractivity contribution in [3.63, 3.8) is 0 Å². The molecule has 0 bridgehead atoms. The number of carbonyl (C=O) groups excluding carboxylic acids is 1. The summed E-state index contributed by atoms with van der Waals surface area (Å²) in [5.41, 5.74) is 0.0157. The van der Waals surface area contributed by atoms with Crippen molar-refractivity contribution in [2.45, 2.75) is 81.4 Å². The van der Waals surface area contributed by atoms with Crippen LogP contribution in [0.3, 0.4) is 0 Å². The fourth-order valence-corrected chi connectivity index (χ4v) is 5.28. The van der Waals surface area contributed by atoms with E-state index in [0.717, 1.165) is 25.1 Å². The van der Waals surface area contributed by atoms with Gasteiger partial charge in [-0.05, 0) is 25.1 Å². The zero-order chi connectivity index (χ0) is 33.6. The highest BCUT2D eigenvalue weighted by Gasteiger charge is 2.49. The van der Waals surface area contributed by atoms with Crippen molar-refractivity contribution in [2.24, 2.45) is 0 Å². The van der Waals surface area contributed by atoms with Gasteiger partial charge < -0.3 is 79.5 Å². The fourth-order valence-electron chi connectivity index (χ4n) is 5.28. The van der Waals surface area contributed by atoms with Gasteiger partial charge in [-0.2, -0.15) is 0 Å². The summed E-state index contributed by atoms with van der Waals surface area (Å²) in [7, 11) is 0. The van der Waals surface area contributed by atoms with Crippen molar-refractivity contribution in [3.8, 4) is 34.5 Å². The van der Waals surface area contributed by atoms with Crippen LogP contribution in [-0.2, 0) is 28.5 Å². The molecule has 252 valence electrons. The smallest absolute Gasteiger partial charge is 0.303 e. The van der Waals surface area contributed by atoms with Crippen LogP contribution in [0.15, 0.2) is 30.0 Å². The molecule has 10 N–H and O–H groups in total. The zero-order valence-corrected chi connectivity index (χ0v) is 24.3. The summed E-state index contributed by atoms with van der Waals surface area (Å²) in [6, 6.07) is 4.26. The predicted molar refractivity (Wildman–Crippen MR) is 148 cm³/mol. The summed E-state index contributed by atoms with van der Waals surface area (Å²) >= 11 is 0. The standard InChI is InChI=1S/C29H34O17/c1-9-20(35)24(39)27(43-10(2)30)29(42-9)41-8-19-22(37)23(38)25(40)28(46-19)45-18-7-13-14(32)5-12(31)6-17(13)44-26(18)11-3-15(33)21(36)16(34)4-11/h3-7,9,19-20,22-29,31-40H,8H2,1-2H3/t9-,19+,20-,22+,23-,24+,25+,26?,27-,28+,29+/m0/s1. The van der Waals surface area contributed by atoms with Crippen LogP contribution in [0.4, 0.5) is 0 Å². The van der Waals surface area contributed by atoms with E-state index >= 15 is 0 Å². The second-order valence-electron chi connectivity index (χ2n) is 11.1. The number of hydrogen-bond acceptors (Lipinski definition) is 17. The molecule has 0 saturated carbocycles. The molecule has 11 atom stereocenters. The van der Waals surface area contributed by atoms with Crippen LogP contribution in [0.1, 0.15) is 31.1 Å². The summed E-state index contributed by atoms with van der Waals surface area (Å²) in [5.74, 6) is -4.14. The molecule has 2 saturated heterocycles. The molecule has 1 unspecified atom stereocenters. The van der Waals surface area contributed by atoms with Crippen molar-refractivity contribution in [1.29, 1.82) is 0 Å². The molecule has 0 aliphatic carbocycles. The lowest BCUT2D eigenvalue weighted by Crippen LogP contribution is -2.61. The van der Waals surface area contributed by atoms with E-state index < -0.39 is 103 Å². The number of phenolic OH excluding ortho intramolecular Hbond substituents is 5. The molecule has 0 radical (unpaired) electrons. The number of aliphatic hydroxyl groups excluding tert-OH is 5. The minimum Gasteiger partial charge on any atom is -0.508 e. The molecule has 2 aromatic rings. The van der Waals surface area contributed by atoms with Gasteiger partial charge in [0.2, 0.25) is 6.29 Å². The lowest BCUT2D eigenvalue weighted by atomic mass is 9.98. The van der Waals surface area contributed by atoms with E-state index in [1.807, 2.05) is 0 Å². The molecule has 0 amide bonds. The van der Waals surface area contributed by atoms with E-state index in [-0.39, 0.29) is 28.4 Å². The summed E-state index contributed by atoms with van der Waals surface area (Å²) in [6.07, 6.45) is -15.7. The van der Waals surface area contributed by atoms with Crippen LogP contribution in [0, 0.1) is 0 Å². The first-order valence-electron chi connectivity index (χ1n) is 14.0. The predicted octanol–water partition coefficient (Wildman–Crippen LogP) is -1.07. The van der Waals surface area contributed by atoms with E-state index in [1.54, 1.807) is 0 Å². The molecular formula is C29H34O17. The number of rotatable bonds is 7. The summed E-state index contributed by atoms with van der Waals surface area (Å²) in [5, 5.41) is 103. The second-order valence-corrected chi connectivity index (χ2v) is 11.1. The Bertz CT molecular complexity index is 1450. The molecular weight excluding hydrogens is 620 g/mol. The molecule has 17 nitrogen and oxygen atoms in total. The molecule has 17 heteroatoms. The number of phenols is 5. The number of esters is 1. The van der Waals surface area contributed by atoms with Gasteiger partial charge in [-0.1, -0.05) is 0 Å². The molecule has 3 aliphatic heterocycles. The van der Waals surface area contributed by atoms with Crippen LogP contribution in [-0.4, -0.2) is 125 Å². The number of aliphatic hydroxyl groups is 5. The largest absolute Gasteiger partial charge is 0.508 e. The Hall–Kier alpha value is -4.07. The number of carbonyl (C=O) groups is 1. The molecule has 2 aromatic carbocycles. The Morgan fingerprint density at radius 1 is 0.804 bits per heavy atom. The summed E-state index contributed by atoms with van der Waals surface area (Å²) < 4.78 is 33.8. The maximum atomic E-state index is 11.6. The maximum Gasteiger partial charge on any atom is 0.303 e. The Labute approximate surface area is 260 Å². The number of benzene rings is 2. The highest BCUT2D eigenvalue weighted by molar-refractivity contribution is 5.70. The van der Waals surface area contributed by atoms with Crippen molar-refractivity contribution in [3.05, 3.63) is 41.2 Å². The van der Waals surface area contributed by atoms with Crippen LogP contribution < -0.4 is 4.74 Å². The molecule has 3 aliphatic rings. The van der Waals surface area contributed by atoms with E-state index in [2.05, 4.69) is 0 Å². The molecule has 5 rings (SSSR count). The third-order valence-corrected chi connectivity index (χ3v) is 7.72. The fraction of sp³-hybridized carbons (Fsp3) is 0.483. The highest BCUT2D eigenvalue weighted by Crippen LogP contribution is 2.47. The van der Waals surface area contributed by atoms with Gasteiger partial charge >= 0.3 is 5.97 Å². The van der Waals surface area contributed by atoms with E-state index in [1.165, 1.54) is 19.1 Å². The molecule has 2 fully saturated rings.